The molecule has 1 aromatic carbocycles. The molecule has 0 saturated heterocycles. The third-order valence-corrected chi connectivity index (χ3v) is 2.84. The highest BCUT2D eigenvalue weighted by Crippen LogP contribution is 2.25. The molecule has 0 bridgehead atoms. The maximum Gasteiger partial charge on any atom is 0.364 e. The van der Waals surface area contributed by atoms with Crippen LogP contribution < -0.4 is 5.48 Å². The normalized spacial score (nSPS) is 11.6. The van der Waals surface area contributed by atoms with Crippen LogP contribution in [0, 0.1) is 5.82 Å². The van der Waals surface area contributed by atoms with Gasteiger partial charge < -0.3 is 4.57 Å². The molecular formula is C13H13F3N2O2. The van der Waals surface area contributed by atoms with E-state index in [1.54, 1.807) is 10.0 Å². The smallest absolute Gasteiger partial charge is 0.344 e. The average molecular weight is 286 g/mol. The molecule has 4 nitrogen and oxygen atoms in total. The minimum Gasteiger partial charge on any atom is -0.344 e. The molecule has 20 heavy (non-hydrogen) atoms. The number of hydrogen-bond donors (Lipinski definition) is 1. The first-order valence-corrected chi connectivity index (χ1v) is 5.94. The minimum absolute atomic E-state index is 0.0283. The summed E-state index contributed by atoms with van der Waals surface area (Å²) in [5.74, 6) is -1.36. The van der Waals surface area contributed by atoms with Gasteiger partial charge in [-0.05, 0) is 32.0 Å². The molecule has 0 aliphatic rings. The number of benzene rings is 1. The van der Waals surface area contributed by atoms with Gasteiger partial charge in [-0.1, -0.05) is 0 Å². The van der Waals surface area contributed by atoms with E-state index in [2.05, 4.69) is 4.84 Å². The van der Waals surface area contributed by atoms with Crippen molar-refractivity contribution in [3.8, 4) is 0 Å². The lowest BCUT2D eigenvalue weighted by Gasteiger charge is -2.08. The lowest BCUT2D eigenvalue weighted by atomic mass is 10.1. The van der Waals surface area contributed by atoms with Gasteiger partial charge in [0.1, 0.15) is 5.82 Å². The number of alkyl halides is 2. The molecule has 1 heterocycles. The Balaban J connectivity index is 2.47. The van der Waals surface area contributed by atoms with E-state index in [0.29, 0.717) is 10.9 Å². The van der Waals surface area contributed by atoms with Gasteiger partial charge in [0.15, 0.2) is 0 Å². The van der Waals surface area contributed by atoms with Crippen molar-refractivity contribution in [1.82, 2.24) is 10.0 Å². The van der Waals surface area contributed by atoms with Gasteiger partial charge >= 0.3 is 6.61 Å². The van der Waals surface area contributed by atoms with Crippen LogP contribution in [0.3, 0.4) is 0 Å². The number of hydrogen-bond acceptors (Lipinski definition) is 2. The number of carbonyl (C=O) groups is 1. The van der Waals surface area contributed by atoms with E-state index < -0.39 is 18.3 Å². The molecule has 7 heteroatoms. The minimum atomic E-state index is -3.12. The van der Waals surface area contributed by atoms with E-state index in [-0.39, 0.29) is 11.6 Å². The van der Waals surface area contributed by atoms with Crippen LogP contribution in [0.25, 0.3) is 10.9 Å². The maximum atomic E-state index is 13.3. The maximum absolute atomic E-state index is 13.3. The standard InChI is InChI=1S/C13H13F3N2O2/c1-7(2)18-6-10(12(19)17-20-13(15)16)9-5-8(14)3-4-11(9)18/h3-7,13H,1-2H3,(H,17,19). The SMILES string of the molecule is CC(C)n1cc(C(=O)NOC(F)F)c2cc(F)ccc21. The first kappa shape index (κ1) is 14.4. The molecule has 0 radical (unpaired) electrons. The third-order valence-electron chi connectivity index (χ3n) is 2.84. The van der Waals surface area contributed by atoms with E-state index in [1.807, 2.05) is 13.8 Å². The molecule has 0 unspecified atom stereocenters. The lowest BCUT2D eigenvalue weighted by Crippen LogP contribution is -2.25. The monoisotopic (exact) mass is 286 g/mol. The van der Waals surface area contributed by atoms with Gasteiger partial charge in [0.2, 0.25) is 0 Å². The van der Waals surface area contributed by atoms with Crippen LogP contribution >= 0.6 is 0 Å². The van der Waals surface area contributed by atoms with Crippen molar-refractivity contribution in [3.63, 3.8) is 0 Å². The number of fused-ring (bicyclic) bond motifs is 1. The number of hydroxylamine groups is 1. The fourth-order valence-corrected chi connectivity index (χ4v) is 1.99. The van der Waals surface area contributed by atoms with Gasteiger partial charge in [-0.25, -0.2) is 14.7 Å². The number of halogens is 3. The van der Waals surface area contributed by atoms with Crippen LogP contribution in [0.5, 0.6) is 0 Å². The Hall–Kier alpha value is -2.02. The molecule has 2 rings (SSSR count). The second-order valence-electron chi connectivity index (χ2n) is 4.51. The van der Waals surface area contributed by atoms with Crippen molar-refractivity contribution in [3.05, 3.63) is 35.8 Å². The number of nitrogens with zero attached hydrogens (tertiary/aromatic N) is 1. The molecule has 1 amide bonds. The Morgan fingerprint density at radius 2 is 2.05 bits per heavy atom. The summed E-state index contributed by atoms with van der Waals surface area (Å²) in [5, 5.41) is 0.342. The van der Waals surface area contributed by atoms with Gasteiger partial charge in [0.25, 0.3) is 5.91 Å². The number of aromatic nitrogens is 1. The van der Waals surface area contributed by atoms with Crippen molar-refractivity contribution >= 4 is 16.8 Å². The van der Waals surface area contributed by atoms with Crippen LogP contribution in [0.15, 0.2) is 24.4 Å². The molecule has 0 aliphatic carbocycles. The van der Waals surface area contributed by atoms with Crippen LogP contribution in [0.1, 0.15) is 30.2 Å². The van der Waals surface area contributed by atoms with Gasteiger partial charge in [0.05, 0.1) is 5.56 Å². The van der Waals surface area contributed by atoms with Gasteiger partial charge in [0, 0.05) is 23.1 Å². The highest BCUT2D eigenvalue weighted by atomic mass is 19.3. The van der Waals surface area contributed by atoms with Crippen molar-refractivity contribution in [1.29, 1.82) is 0 Å². The van der Waals surface area contributed by atoms with Crippen LogP contribution in [-0.2, 0) is 4.84 Å². The molecular weight excluding hydrogens is 273 g/mol. The summed E-state index contributed by atoms with van der Waals surface area (Å²) in [6, 6.07) is 4.03. The topological polar surface area (TPSA) is 43.3 Å². The molecule has 108 valence electrons. The summed E-state index contributed by atoms with van der Waals surface area (Å²) in [7, 11) is 0. The van der Waals surface area contributed by atoms with E-state index in [9.17, 15) is 18.0 Å². The van der Waals surface area contributed by atoms with E-state index in [4.69, 9.17) is 0 Å². The summed E-state index contributed by atoms with van der Waals surface area (Å²) < 4.78 is 38.9. The quantitative estimate of drug-likeness (QED) is 0.877. The van der Waals surface area contributed by atoms with Crippen LogP contribution in [-0.4, -0.2) is 17.1 Å². The zero-order valence-electron chi connectivity index (χ0n) is 10.9. The third kappa shape index (κ3) is 2.77. The Morgan fingerprint density at radius 3 is 2.65 bits per heavy atom. The van der Waals surface area contributed by atoms with Crippen molar-refractivity contribution in [2.45, 2.75) is 26.5 Å². The number of rotatable bonds is 4. The molecule has 0 fully saturated rings. The van der Waals surface area contributed by atoms with Crippen molar-refractivity contribution in [2.75, 3.05) is 0 Å². The summed E-state index contributed by atoms with van der Waals surface area (Å²) in [4.78, 5) is 15.6. The Kier molecular flexibility index (Phi) is 3.99. The van der Waals surface area contributed by atoms with Crippen molar-refractivity contribution in [2.24, 2.45) is 0 Å². The van der Waals surface area contributed by atoms with E-state index in [0.717, 1.165) is 0 Å². The largest absolute Gasteiger partial charge is 0.364 e. The molecule has 1 N–H and O–H groups in total. The van der Waals surface area contributed by atoms with Crippen LogP contribution in [0.2, 0.25) is 0 Å². The summed E-state index contributed by atoms with van der Waals surface area (Å²) in [5.41, 5.74) is 2.36. The fourth-order valence-electron chi connectivity index (χ4n) is 1.99. The average Bonchev–Trinajstić information content (AvgIpc) is 2.74. The van der Waals surface area contributed by atoms with E-state index >= 15 is 0 Å². The second-order valence-corrected chi connectivity index (χ2v) is 4.51. The van der Waals surface area contributed by atoms with Crippen LogP contribution in [0.4, 0.5) is 13.2 Å². The molecule has 1 aromatic heterocycles. The summed E-state index contributed by atoms with van der Waals surface area (Å²) in [6.45, 7) is 0.662. The number of amides is 1. The predicted octanol–water partition coefficient (Wildman–Crippen LogP) is 3.25. The molecule has 0 atom stereocenters. The summed E-state index contributed by atoms with van der Waals surface area (Å²) >= 11 is 0. The molecule has 2 aromatic rings. The summed E-state index contributed by atoms with van der Waals surface area (Å²) in [6.07, 6.45) is 1.49. The van der Waals surface area contributed by atoms with E-state index in [1.165, 1.54) is 24.4 Å². The lowest BCUT2D eigenvalue weighted by molar-refractivity contribution is -0.160. The van der Waals surface area contributed by atoms with Gasteiger partial charge in [-0.3, -0.25) is 4.79 Å². The number of nitrogens with one attached hydrogen (secondary N) is 1. The molecule has 0 spiro atoms. The van der Waals surface area contributed by atoms with Gasteiger partial charge in [-0.15, -0.1) is 0 Å². The Morgan fingerprint density at radius 1 is 1.35 bits per heavy atom. The zero-order valence-corrected chi connectivity index (χ0v) is 10.9. The highest BCUT2D eigenvalue weighted by molar-refractivity contribution is 6.06. The predicted molar refractivity (Wildman–Crippen MR) is 66.8 cm³/mol. The molecule has 0 aliphatic heterocycles. The fraction of sp³-hybridized carbons (Fsp3) is 0.308. The second kappa shape index (κ2) is 5.54. The first-order chi connectivity index (χ1) is 9.40. The van der Waals surface area contributed by atoms with Gasteiger partial charge in [-0.2, -0.15) is 8.78 Å². The Bertz CT molecular complexity index is 638. The zero-order chi connectivity index (χ0) is 14.9. The number of carbonyl (C=O) groups excluding carboxylic acids is 1. The molecule has 0 saturated carbocycles. The highest BCUT2D eigenvalue weighted by Gasteiger charge is 2.18. The Labute approximate surface area is 113 Å². The van der Waals surface area contributed by atoms with Crippen molar-refractivity contribution < 1.29 is 22.8 Å². The first-order valence-electron chi connectivity index (χ1n) is 5.94.